The summed E-state index contributed by atoms with van der Waals surface area (Å²) < 4.78 is 12.6. The van der Waals surface area contributed by atoms with Gasteiger partial charge in [-0.15, -0.1) is 12.4 Å². The highest BCUT2D eigenvalue weighted by Gasteiger charge is 2.31. The number of benzene rings is 3. The summed E-state index contributed by atoms with van der Waals surface area (Å²) >= 11 is 6.63. The van der Waals surface area contributed by atoms with E-state index in [1.54, 1.807) is 46.7 Å². The van der Waals surface area contributed by atoms with Gasteiger partial charge in [0.25, 0.3) is 0 Å². The third kappa shape index (κ3) is 24.7. The SMILES string of the molecule is CC(C)(C)OC(=O)N1CCNCC1.C[C@H]1C[C@@H](N)CN(c2ccc(C#N)c3ncccc23)C1.C[C@H]1C[C@@H](NCc2ccc(Br)cn2)CN(c2ccc(C#N)c3ncccc23)C1.C[C@H]1C[C@@H](NCc2ccc(N3CCN(C(=O)OC(C)(C)C)CC3)cn2)CN(c2ccc(C#N)c3ncccc23)C1.Cl.O=Cc1ccc(Br)cn1. The molecule has 14 rings (SSSR count). The van der Waals surface area contributed by atoms with E-state index in [0.717, 1.165) is 180 Å². The topological polar surface area (TPSA) is 300 Å². The summed E-state index contributed by atoms with van der Waals surface area (Å²) in [5.41, 5.74) is 16.5. The van der Waals surface area contributed by atoms with Crippen molar-refractivity contribution in [3.63, 3.8) is 0 Å². The molecule has 5 N–H and O–H groups in total. The van der Waals surface area contributed by atoms with Gasteiger partial charge in [-0.25, -0.2) is 9.59 Å². The Kier molecular flexibility index (Phi) is 31.1. The number of piperazine rings is 2. The summed E-state index contributed by atoms with van der Waals surface area (Å²) in [6.07, 6.45) is 14.2. The maximum atomic E-state index is 12.4. The van der Waals surface area contributed by atoms with Crippen LogP contribution in [-0.4, -0.2) is 179 Å². The fourth-order valence-corrected chi connectivity index (χ4v) is 14.9. The van der Waals surface area contributed by atoms with E-state index >= 15 is 0 Å². The highest BCUT2D eigenvalue weighted by atomic mass is 79.9. The number of nitrogens with two attached hydrogens (primary N) is 1. The lowest BCUT2D eigenvalue weighted by Gasteiger charge is -2.39. The Balaban J connectivity index is 0.000000173. The van der Waals surface area contributed by atoms with Crippen LogP contribution in [0.1, 0.15) is 120 Å². The van der Waals surface area contributed by atoms with Crippen LogP contribution >= 0.6 is 44.3 Å². The molecule has 6 atom stereocenters. The second kappa shape index (κ2) is 40.5. The summed E-state index contributed by atoms with van der Waals surface area (Å²) in [7, 11) is 0. The number of fused-ring (bicyclic) bond motifs is 3. The van der Waals surface area contributed by atoms with E-state index in [0.29, 0.717) is 78.1 Å². The number of rotatable bonds is 11. The fraction of sp³-hybridized carbons (Fsp3) is 0.429. The predicted molar refractivity (Wildman–Crippen MR) is 448 cm³/mol. The summed E-state index contributed by atoms with van der Waals surface area (Å²) in [6, 6.07) is 43.1. The predicted octanol–water partition coefficient (Wildman–Crippen LogP) is 14.0. The molecule has 11 heterocycles. The van der Waals surface area contributed by atoms with Gasteiger partial charge in [0, 0.05) is 196 Å². The van der Waals surface area contributed by atoms with Crippen molar-refractivity contribution in [3.8, 4) is 18.2 Å². The second-order valence-electron chi connectivity index (χ2n) is 30.8. The van der Waals surface area contributed by atoms with Gasteiger partial charge >= 0.3 is 12.2 Å². The molecule has 27 heteroatoms. The van der Waals surface area contributed by atoms with Gasteiger partial charge in [0.15, 0.2) is 6.29 Å². The quantitative estimate of drug-likeness (QED) is 0.0875. The first-order valence-corrected chi connectivity index (χ1v) is 39.3. The number of piperidine rings is 3. The molecule has 5 saturated heterocycles. The average molecular weight is 1650 g/mol. The molecule has 0 bridgehead atoms. The van der Waals surface area contributed by atoms with Gasteiger partial charge in [-0.1, -0.05) is 20.8 Å². The van der Waals surface area contributed by atoms with Gasteiger partial charge in [-0.05, 0) is 220 Å². The molecule has 584 valence electrons. The molecule has 0 unspecified atom stereocenters. The lowest BCUT2D eigenvalue weighted by atomic mass is 9.94. The largest absolute Gasteiger partial charge is 0.444 e. The summed E-state index contributed by atoms with van der Waals surface area (Å²) in [4.78, 5) is 73.1. The number of pyridine rings is 6. The van der Waals surface area contributed by atoms with Crippen LogP contribution in [-0.2, 0) is 22.6 Å². The molecule has 111 heavy (non-hydrogen) atoms. The Morgan fingerprint density at radius 3 is 1.30 bits per heavy atom. The van der Waals surface area contributed by atoms with E-state index in [2.05, 4.69) is 168 Å². The molecule has 5 fully saturated rings. The number of hydrogen-bond donors (Lipinski definition) is 4. The first-order valence-electron chi connectivity index (χ1n) is 37.7. The van der Waals surface area contributed by atoms with E-state index in [1.807, 2.05) is 115 Å². The van der Waals surface area contributed by atoms with E-state index in [1.165, 1.54) is 0 Å². The Morgan fingerprint density at radius 2 is 0.919 bits per heavy atom. The molecular formula is C84H102Br2ClN19O5. The third-order valence-electron chi connectivity index (χ3n) is 19.3. The molecule has 0 aliphatic carbocycles. The molecule has 9 aromatic rings. The summed E-state index contributed by atoms with van der Waals surface area (Å²) in [5, 5.41) is 41.8. The highest BCUT2D eigenvalue weighted by Crippen LogP contribution is 2.35. The van der Waals surface area contributed by atoms with Crippen LogP contribution in [0.5, 0.6) is 0 Å². The van der Waals surface area contributed by atoms with Gasteiger partial charge < -0.3 is 60.6 Å². The molecule has 0 radical (unpaired) electrons. The second-order valence-corrected chi connectivity index (χ2v) is 32.6. The van der Waals surface area contributed by atoms with E-state index in [4.69, 9.17) is 20.2 Å². The van der Waals surface area contributed by atoms with Crippen LogP contribution in [0.2, 0.25) is 0 Å². The van der Waals surface area contributed by atoms with Crippen LogP contribution in [0.15, 0.2) is 155 Å². The van der Waals surface area contributed by atoms with Crippen LogP contribution < -0.4 is 41.3 Å². The van der Waals surface area contributed by atoms with Crippen molar-refractivity contribution in [1.29, 1.82) is 15.8 Å². The molecule has 24 nitrogen and oxygen atoms in total. The number of nitrogens with zero attached hydrogens (tertiary/aromatic N) is 15. The number of aromatic nitrogens is 6. The van der Waals surface area contributed by atoms with Gasteiger partial charge in [0.1, 0.15) is 35.1 Å². The van der Waals surface area contributed by atoms with Gasteiger partial charge in [-0.3, -0.25) is 34.7 Å². The highest BCUT2D eigenvalue weighted by molar-refractivity contribution is 9.10. The number of ether oxygens (including phenoxy) is 2. The lowest BCUT2D eigenvalue weighted by molar-refractivity contribution is 0.0223. The average Bonchev–Trinajstić information content (AvgIpc) is 0.794. The monoisotopic (exact) mass is 1650 g/mol. The van der Waals surface area contributed by atoms with Crippen molar-refractivity contribution >= 4 is 118 Å². The number of carbonyl (C=O) groups is 3. The molecule has 0 saturated carbocycles. The lowest BCUT2D eigenvalue weighted by Crippen LogP contribution is -2.50. The minimum atomic E-state index is -0.481. The van der Waals surface area contributed by atoms with E-state index < -0.39 is 5.60 Å². The molecule has 5 aliphatic heterocycles. The van der Waals surface area contributed by atoms with Gasteiger partial charge in [0.05, 0.1) is 56.5 Å². The third-order valence-corrected chi connectivity index (χ3v) is 20.3. The molecule has 0 spiro atoms. The Morgan fingerprint density at radius 1 is 0.514 bits per heavy atom. The number of halogens is 3. The van der Waals surface area contributed by atoms with Crippen molar-refractivity contribution in [2.24, 2.45) is 23.5 Å². The molecule has 3 aromatic carbocycles. The van der Waals surface area contributed by atoms with Crippen LogP contribution in [0.4, 0.5) is 32.3 Å². The zero-order chi connectivity index (χ0) is 78.5. The smallest absolute Gasteiger partial charge is 0.410 e. The first kappa shape index (κ1) is 85.3. The van der Waals surface area contributed by atoms with Crippen LogP contribution in [0.25, 0.3) is 32.7 Å². The molecule has 6 aromatic heterocycles. The van der Waals surface area contributed by atoms with Crippen molar-refractivity contribution in [1.82, 2.24) is 55.7 Å². The van der Waals surface area contributed by atoms with Crippen molar-refractivity contribution in [2.75, 3.05) is 111 Å². The summed E-state index contributed by atoms with van der Waals surface area (Å²) in [5.74, 6) is 1.69. The van der Waals surface area contributed by atoms with E-state index in [9.17, 15) is 30.2 Å². The summed E-state index contributed by atoms with van der Waals surface area (Å²) in [6.45, 7) is 31.3. The minimum Gasteiger partial charge on any atom is -0.444 e. The number of anilines is 4. The zero-order valence-electron chi connectivity index (χ0n) is 64.8. The van der Waals surface area contributed by atoms with E-state index in [-0.39, 0.29) is 36.2 Å². The molecule has 5 aliphatic rings. The van der Waals surface area contributed by atoms with Gasteiger partial charge in [-0.2, -0.15) is 15.8 Å². The van der Waals surface area contributed by atoms with Crippen LogP contribution in [0.3, 0.4) is 0 Å². The Hall–Kier alpha value is -9.69. The molecular weight excluding hydrogens is 1550 g/mol. The zero-order valence-corrected chi connectivity index (χ0v) is 68.8. The molecule has 2 amide bonds. The fourth-order valence-electron chi connectivity index (χ4n) is 14.4. The Bertz CT molecular complexity index is 4680. The number of amides is 2. The number of hydrogen-bond acceptors (Lipinski definition) is 22. The number of carbonyl (C=O) groups excluding carboxylic acids is 3. The number of nitriles is 3. The van der Waals surface area contributed by atoms with Crippen molar-refractivity contribution in [3.05, 3.63) is 189 Å². The van der Waals surface area contributed by atoms with Crippen molar-refractivity contribution in [2.45, 2.75) is 124 Å². The number of aldehydes is 1. The maximum absolute atomic E-state index is 12.4. The van der Waals surface area contributed by atoms with Gasteiger partial charge in [0.2, 0.25) is 0 Å². The first-order chi connectivity index (χ1) is 52.8. The normalized spacial score (nSPS) is 19.1. The van der Waals surface area contributed by atoms with Crippen molar-refractivity contribution < 1.29 is 23.9 Å². The number of nitrogens with one attached hydrogen (secondary N) is 3. The van der Waals surface area contributed by atoms with Crippen LogP contribution in [0, 0.1) is 51.7 Å². The maximum Gasteiger partial charge on any atom is 0.410 e. The standard InChI is InChI=1S/C31H39N7O2.C22H22BrN5.C16H18N4.C9H18N2O2.C6H4BrNO.ClH/c1-22-16-25(21-38(20-22)28-10-7-23(17-32)29-27(28)6-5-11-33-29)34-18-24-8-9-26(19-35-24)36-12-14-37(15-13-36)30(39)40-31(2,3)4;1-15-9-19(27-12-18-6-5-17(23)11-26-18)14-28(13-15)21-7-4-16(10-24)22-20(21)3-2-8-25-22;1-11-7-13(18)10-20(9-11)15-5-4-12(8-17)16-14(15)3-2-6-19-16;1-9(2,3)13-8(12)11-6-4-10-5-7-11;7-5-1-2-6(4-9)8-3-5;/h5-11,19,22,25,34H,12-16,18,20-21H2,1-4H3;2-8,11,15,19,27H,9,12-14H2,1H3;2-6,11,13H,7,9-10,18H2,1H3;10H,4-7H2,1-3H3;1-4H;1H/t22-,25+;15-,19+;11-,13+;;;/m000.../s1. The minimum absolute atomic E-state index is 0. The Labute approximate surface area is 675 Å².